The summed E-state index contributed by atoms with van der Waals surface area (Å²) in [6.07, 6.45) is 1.08. The zero-order valence-corrected chi connectivity index (χ0v) is 11.2. The number of aromatic nitrogens is 2. The molecule has 4 nitrogen and oxygen atoms in total. The number of rotatable bonds is 4. The highest BCUT2D eigenvalue weighted by atomic mass is 32.1. The Morgan fingerprint density at radius 3 is 2.56 bits per heavy atom. The van der Waals surface area contributed by atoms with Gasteiger partial charge in [0.2, 0.25) is 0 Å². The fourth-order valence-electron chi connectivity index (χ4n) is 1.54. The van der Waals surface area contributed by atoms with Crippen LogP contribution in [0.2, 0.25) is 0 Å². The van der Waals surface area contributed by atoms with E-state index in [0.29, 0.717) is 5.11 Å². The highest BCUT2D eigenvalue weighted by molar-refractivity contribution is 7.80. The average Bonchev–Trinajstić information content (AvgIpc) is 2.48. The van der Waals surface area contributed by atoms with Crippen LogP contribution in [-0.2, 0) is 13.6 Å². The van der Waals surface area contributed by atoms with E-state index in [0.717, 1.165) is 25.2 Å². The lowest BCUT2D eigenvalue weighted by Gasteiger charge is -2.09. The van der Waals surface area contributed by atoms with Gasteiger partial charge in [0.1, 0.15) is 0 Å². The molecule has 0 atom stereocenters. The van der Waals surface area contributed by atoms with Crippen molar-refractivity contribution in [1.82, 2.24) is 20.4 Å². The van der Waals surface area contributed by atoms with Crippen LogP contribution >= 0.6 is 12.2 Å². The van der Waals surface area contributed by atoms with Gasteiger partial charge in [0.05, 0.1) is 5.69 Å². The Balaban J connectivity index is 2.51. The lowest BCUT2D eigenvalue weighted by molar-refractivity contribution is 0.729. The van der Waals surface area contributed by atoms with Crippen LogP contribution in [0.4, 0.5) is 0 Å². The molecule has 0 spiro atoms. The van der Waals surface area contributed by atoms with Crippen LogP contribution in [-0.4, -0.2) is 21.4 Å². The maximum absolute atomic E-state index is 5.16. The van der Waals surface area contributed by atoms with E-state index in [1.165, 1.54) is 11.3 Å². The molecule has 0 unspecified atom stereocenters. The Bertz CT molecular complexity index is 370. The summed E-state index contributed by atoms with van der Waals surface area (Å²) < 4.78 is 1.90. The smallest absolute Gasteiger partial charge is 0.166 e. The van der Waals surface area contributed by atoms with E-state index in [9.17, 15) is 0 Å². The molecule has 0 saturated heterocycles. The number of nitrogens with zero attached hydrogens (tertiary/aromatic N) is 2. The lowest BCUT2D eigenvalue weighted by atomic mass is 10.2. The maximum Gasteiger partial charge on any atom is 0.166 e. The molecule has 0 radical (unpaired) electrons. The third-order valence-corrected chi connectivity index (χ3v) is 2.91. The molecule has 0 aliphatic heterocycles. The predicted molar refractivity (Wildman–Crippen MR) is 70.4 cm³/mol. The van der Waals surface area contributed by atoms with E-state index in [2.05, 4.69) is 29.6 Å². The number of hydrogen-bond donors (Lipinski definition) is 2. The molecule has 0 bridgehead atoms. The van der Waals surface area contributed by atoms with E-state index in [1.807, 2.05) is 18.7 Å². The molecular formula is C11H20N4S. The zero-order chi connectivity index (χ0) is 12.1. The first-order valence-electron chi connectivity index (χ1n) is 5.57. The van der Waals surface area contributed by atoms with Crippen molar-refractivity contribution in [3.05, 3.63) is 17.0 Å². The van der Waals surface area contributed by atoms with Crippen LogP contribution in [0.15, 0.2) is 0 Å². The molecule has 5 heteroatoms. The molecule has 1 rings (SSSR count). The molecule has 1 heterocycles. The minimum absolute atomic E-state index is 0.713. The van der Waals surface area contributed by atoms with Gasteiger partial charge in [-0.25, -0.2) is 0 Å². The van der Waals surface area contributed by atoms with E-state index in [1.54, 1.807) is 0 Å². The van der Waals surface area contributed by atoms with Gasteiger partial charge in [-0.05, 0) is 32.5 Å². The molecule has 1 aromatic heterocycles. The normalized spacial score (nSPS) is 10.2. The number of thiocarbonyl (C=S) groups is 1. The summed E-state index contributed by atoms with van der Waals surface area (Å²) >= 11 is 5.16. The molecule has 0 fully saturated rings. The molecule has 2 N–H and O–H groups in total. The minimum Gasteiger partial charge on any atom is -0.363 e. The highest BCUT2D eigenvalue weighted by Crippen LogP contribution is 2.10. The van der Waals surface area contributed by atoms with E-state index < -0.39 is 0 Å². The second-order valence-corrected chi connectivity index (χ2v) is 4.29. The molecule has 0 aliphatic rings. The van der Waals surface area contributed by atoms with Crippen LogP contribution in [0, 0.1) is 13.8 Å². The van der Waals surface area contributed by atoms with E-state index in [4.69, 9.17) is 12.2 Å². The minimum atomic E-state index is 0.713. The van der Waals surface area contributed by atoms with Crippen molar-refractivity contribution in [1.29, 1.82) is 0 Å². The quantitative estimate of drug-likeness (QED) is 0.781. The third kappa shape index (κ3) is 3.20. The lowest BCUT2D eigenvalue weighted by Crippen LogP contribution is -2.35. The summed E-state index contributed by atoms with van der Waals surface area (Å²) in [6.45, 7) is 7.86. The Labute approximate surface area is 102 Å². The largest absolute Gasteiger partial charge is 0.363 e. The summed E-state index contributed by atoms with van der Waals surface area (Å²) in [7, 11) is 1.96. The van der Waals surface area contributed by atoms with Gasteiger partial charge >= 0.3 is 0 Å². The fourth-order valence-corrected chi connectivity index (χ4v) is 1.72. The molecular weight excluding hydrogens is 220 g/mol. The summed E-state index contributed by atoms with van der Waals surface area (Å²) in [5.41, 5.74) is 3.47. The standard InChI is InChI=1S/C11H20N4S/c1-5-6-12-11(16)13-7-10-8(2)14-15(4)9(10)3/h5-7H2,1-4H3,(H2,12,13,16). The highest BCUT2D eigenvalue weighted by Gasteiger charge is 2.08. The summed E-state index contributed by atoms with van der Waals surface area (Å²) in [4.78, 5) is 0. The van der Waals surface area contributed by atoms with Crippen LogP contribution in [0.5, 0.6) is 0 Å². The van der Waals surface area contributed by atoms with Crippen molar-refractivity contribution < 1.29 is 0 Å². The van der Waals surface area contributed by atoms with Gasteiger partial charge in [-0.15, -0.1) is 0 Å². The van der Waals surface area contributed by atoms with Gasteiger partial charge in [-0.2, -0.15) is 5.10 Å². The Morgan fingerprint density at radius 2 is 2.06 bits per heavy atom. The van der Waals surface area contributed by atoms with Gasteiger partial charge in [0, 0.05) is 31.4 Å². The monoisotopic (exact) mass is 240 g/mol. The Hall–Kier alpha value is -1.10. The van der Waals surface area contributed by atoms with Gasteiger partial charge in [0.25, 0.3) is 0 Å². The topological polar surface area (TPSA) is 41.9 Å². The first kappa shape index (κ1) is 13.0. The Kier molecular flexibility index (Phi) is 4.73. The molecule has 0 aliphatic carbocycles. The Morgan fingerprint density at radius 1 is 1.38 bits per heavy atom. The summed E-state index contributed by atoms with van der Waals surface area (Å²) in [5, 5.41) is 11.4. The predicted octanol–water partition coefficient (Wildman–Crippen LogP) is 1.41. The maximum atomic E-state index is 5.16. The SMILES string of the molecule is CCCNC(=S)NCc1c(C)nn(C)c1C. The average molecular weight is 240 g/mol. The van der Waals surface area contributed by atoms with Crippen molar-refractivity contribution in [2.45, 2.75) is 33.7 Å². The first-order chi connectivity index (χ1) is 7.56. The summed E-state index contributed by atoms with van der Waals surface area (Å²) in [5.74, 6) is 0. The number of nitrogens with one attached hydrogen (secondary N) is 2. The van der Waals surface area contributed by atoms with Crippen molar-refractivity contribution >= 4 is 17.3 Å². The van der Waals surface area contributed by atoms with E-state index in [-0.39, 0.29) is 0 Å². The third-order valence-electron chi connectivity index (χ3n) is 2.62. The second kappa shape index (κ2) is 5.84. The van der Waals surface area contributed by atoms with Gasteiger partial charge in [-0.3, -0.25) is 4.68 Å². The van der Waals surface area contributed by atoms with Crippen LogP contribution in [0.25, 0.3) is 0 Å². The van der Waals surface area contributed by atoms with Crippen molar-refractivity contribution in [2.24, 2.45) is 7.05 Å². The molecule has 0 saturated carbocycles. The van der Waals surface area contributed by atoms with Crippen LogP contribution < -0.4 is 10.6 Å². The molecule has 90 valence electrons. The van der Waals surface area contributed by atoms with Gasteiger partial charge in [0.15, 0.2) is 5.11 Å². The summed E-state index contributed by atoms with van der Waals surface area (Å²) in [6, 6.07) is 0. The van der Waals surface area contributed by atoms with Gasteiger partial charge in [-0.1, -0.05) is 6.92 Å². The van der Waals surface area contributed by atoms with Crippen LogP contribution in [0.3, 0.4) is 0 Å². The number of hydrogen-bond acceptors (Lipinski definition) is 2. The van der Waals surface area contributed by atoms with Crippen molar-refractivity contribution in [3.8, 4) is 0 Å². The van der Waals surface area contributed by atoms with Crippen LogP contribution in [0.1, 0.15) is 30.3 Å². The van der Waals surface area contributed by atoms with Crippen molar-refractivity contribution in [2.75, 3.05) is 6.54 Å². The van der Waals surface area contributed by atoms with Crippen molar-refractivity contribution in [3.63, 3.8) is 0 Å². The molecule has 1 aromatic rings. The molecule has 0 aromatic carbocycles. The first-order valence-corrected chi connectivity index (χ1v) is 5.97. The van der Waals surface area contributed by atoms with E-state index >= 15 is 0 Å². The zero-order valence-electron chi connectivity index (χ0n) is 10.4. The fraction of sp³-hybridized carbons (Fsp3) is 0.636. The molecule has 0 amide bonds. The number of aryl methyl sites for hydroxylation is 2. The van der Waals surface area contributed by atoms with Gasteiger partial charge < -0.3 is 10.6 Å². The second-order valence-electron chi connectivity index (χ2n) is 3.88. The molecule has 16 heavy (non-hydrogen) atoms.